The fourth-order valence-corrected chi connectivity index (χ4v) is 1.71. The lowest BCUT2D eigenvalue weighted by Gasteiger charge is -2.27. The Balaban J connectivity index is 2.89. The van der Waals surface area contributed by atoms with E-state index in [1.54, 1.807) is 26.2 Å². The molecule has 0 aliphatic rings. The van der Waals surface area contributed by atoms with Gasteiger partial charge in [0, 0.05) is 37.5 Å². The van der Waals surface area contributed by atoms with Crippen molar-refractivity contribution in [2.24, 2.45) is 0 Å². The summed E-state index contributed by atoms with van der Waals surface area (Å²) in [7, 11) is 3.61. The number of anilines is 1. The Morgan fingerprint density at radius 1 is 1.35 bits per heavy atom. The maximum Gasteiger partial charge on any atom is 0.123 e. The number of likely N-dealkylation sites (N-methyl/N-ethyl adjacent to an activating group) is 1. The standard InChI is InChI=1S/C13H21NO3/c1-9(8-17-4)14(3)11-5-6-12(10(2)15)13(16)7-11/h5-7,9-10,15-16H,8H2,1-4H3. The van der Waals surface area contributed by atoms with Crippen molar-refractivity contribution in [2.75, 3.05) is 25.7 Å². The van der Waals surface area contributed by atoms with Gasteiger partial charge < -0.3 is 19.8 Å². The van der Waals surface area contributed by atoms with E-state index in [0.29, 0.717) is 12.2 Å². The van der Waals surface area contributed by atoms with Crippen LogP contribution in [0.4, 0.5) is 5.69 Å². The molecule has 0 aromatic heterocycles. The number of rotatable bonds is 5. The number of aliphatic hydroxyl groups is 1. The van der Waals surface area contributed by atoms with Crippen molar-refractivity contribution in [1.29, 1.82) is 0 Å². The Hall–Kier alpha value is -1.26. The highest BCUT2D eigenvalue weighted by Crippen LogP contribution is 2.29. The molecule has 0 amide bonds. The van der Waals surface area contributed by atoms with E-state index < -0.39 is 6.10 Å². The maximum absolute atomic E-state index is 9.80. The topological polar surface area (TPSA) is 52.9 Å². The molecular formula is C13H21NO3. The lowest BCUT2D eigenvalue weighted by atomic mass is 10.1. The summed E-state index contributed by atoms with van der Waals surface area (Å²) in [5.41, 5.74) is 1.44. The van der Waals surface area contributed by atoms with Crippen molar-refractivity contribution in [3.63, 3.8) is 0 Å². The van der Waals surface area contributed by atoms with E-state index in [1.165, 1.54) is 0 Å². The van der Waals surface area contributed by atoms with E-state index in [0.717, 1.165) is 5.69 Å². The average Bonchev–Trinajstić information content (AvgIpc) is 2.27. The third-order valence-corrected chi connectivity index (χ3v) is 2.94. The molecule has 1 aromatic carbocycles. The Kier molecular flexibility index (Phi) is 4.78. The molecular weight excluding hydrogens is 218 g/mol. The maximum atomic E-state index is 9.80. The molecule has 0 spiro atoms. The Morgan fingerprint density at radius 2 is 2.00 bits per heavy atom. The van der Waals surface area contributed by atoms with Gasteiger partial charge in [-0.1, -0.05) is 6.07 Å². The molecule has 0 heterocycles. The molecule has 0 aliphatic carbocycles. The summed E-state index contributed by atoms with van der Waals surface area (Å²) in [5.74, 6) is 0.119. The molecule has 0 saturated heterocycles. The summed E-state index contributed by atoms with van der Waals surface area (Å²) in [5, 5.41) is 19.2. The zero-order chi connectivity index (χ0) is 13.0. The summed E-state index contributed by atoms with van der Waals surface area (Å²) in [6.07, 6.45) is -0.661. The van der Waals surface area contributed by atoms with Gasteiger partial charge >= 0.3 is 0 Å². The van der Waals surface area contributed by atoms with E-state index >= 15 is 0 Å². The van der Waals surface area contributed by atoms with Crippen LogP contribution in [0.5, 0.6) is 5.75 Å². The van der Waals surface area contributed by atoms with Crippen LogP contribution in [-0.4, -0.2) is 37.0 Å². The number of ether oxygens (including phenoxy) is 1. The van der Waals surface area contributed by atoms with Gasteiger partial charge in [-0.2, -0.15) is 0 Å². The van der Waals surface area contributed by atoms with Crippen LogP contribution in [0.1, 0.15) is 25.5 Å². The van der Waals surface area contributed by atoms with E-state index in [9.17, 15) is 10.2 Å². The summed E-state index contributed by atoms with van der Waals surface area (Å²) in [6.45, 7) is 4.30. The fraction of sp³-hybridized carbons (Fsp3) is 0.538. The molecule has 96 valence electrons. The van der Waals surface area contributed by atoms with E-state index in [2.05, 4.69) is 0 Å². The smallest absolute Gasteiger partial charge is 0.123 e. The van der Waals surface area contributed by atoms with Gasteiger partial charge in [0.15, 0.2) is 0 Å². The molecule has 0 aliphatic heterocycles. The highest BCUT2D eigenvalue weighted by molar-refractivity contribution is 5.53. The summed E-state index contributed by atoms with van der Waals surface area (Å²) in [4.78, 5) is 2.02. The first-order valence-electron chi connectivity index (χ1n) is 5.70. The Bertz CT molecular complexity index is 366. The normalized spacial score (nSPS) is 14.4. The van der Waals surface area contributed by atoms with Crippen LogP contribution in [0.25, 0.3) is 0 Å². The highest BCUT2D eigenvalue weighted by Gasteiger charge is 2.13. The minimum atomic E-state index is -0.661. The van der Waals surface area contributed by atoms with Crippen molar-refractivity contribution in [1.82, 2.24) is 0 Å². The third-order valence-electron chi connectivity index (χ3n) is 2.94. The number of hydrogen-bond donors (Lipinski definition) is 2. The largest absolute Gasteiger partial charge is 0.507 e. The lowest BCUT2D eigenvalue weighted by molar-refractivity contribution is 0.183. The molecule has 4 nitrogen and oxygen atoms in total. The number of benzene rings is 1. The van der Waals surface area contributed by atoms with Gasteiger partial charge in [0.2, 0.25) is 0 Å². The van der Waals surface area contributed by atoms with Crippen molar-refractivity contribution < 1.29 is 14.9 Å². The molecule has 2 atom stereocenters. The second-order valence-corrected chi connectivity index (χ2v) is 4.33. The highest BCUT2D eigenvalue weighted by atomic mass is 16.5. The van der Waals surface area contributed by atoms with Crippen molar-refractivity contribution >= 4 is 5.69 Å². The SMILES string of the molecule is COCC(C)N(C)c1ccc(C(C)O)c(O)c1. The van der Waals surface area contributed by atoms with Gasteiger partial charge in [-0.05, 0) is 19.9 Å². The van der Waals surface area contributed by atoms with Crippen LogP contribution in [0.3, 0.4) is 0 Å². The first kappa shape index (κ1) is 13.8. The van der Waals surface area contributed by atoms with E-state index in [4.69, 9.17) is 4.74 Å². The molecule has 2 unspecified atom stereocenters. The Labute approximate surface area is 102 Å². The van der Waals surface area contributed by atoms with Gasteiger partial charge in [-0.15, -0.1) is 0 Å². The predicted octanol–water partition coefficient (Wildman–Crippen LogP) is 1.92. The molecule has 0 radical (unpaired) electrons. The van der Waals surface area contributed by atoms with Crippen LogP contribution in [0, 0.1) is 0 Å². The number of aliphatic hydroxyl groups excluding tert-OH is 1. The first-order chi connectivity index (χ1) is 7.97. The zero-order valence-electron chi connectivity index (χ0n) is 10.8. The van der Waals surface area contributed by atoms with Gasteiger partial charge in [0.25, 0.3) is 0 Å². The summed E-state index contributed by atoms with van der Waals surface area (Å²) in [6, 6.07) is 5.50. The number of aromatic hydroxyl groups is 1. The molecule has 1 aromatic rings. The summed E-state index contributed by atoms with van der Waals surface area (Å²) < 4.78 is 5.09. The quantitative estimate of drug-likeness (QED) is 0.824. The lowest BCUT2D eigenvalue weighted by Crippen LogP contribution is -2.32. The zero-order valence-corrected chi connectivity index (χ0v) is 10.8. The van der Waals surface area contributed by atoms with E-state index in [-0.39, 0.29) is 11.8 Å². The number of hydrogen-bond acceptors (Lipinski definition) is 4. The molecule has 0 bridgehead atoms. The first-order valence-corrected chi connectivity index (χ1v) is 5.70. The van der Waals surface area contributed by atoms with Crippen LogP contribution in [0.2, 0.25) is 0 Å². The van der Waals surface area contributed by atoms with E-state index in [1.807, 2.05) is 24.9 Å². The second kappa shape index (κ2) is 5.89. The van der Waals surface area contributed by atoms with Crippen LogP contribution < -0.4 is 4.90 Å². The third kappa shape index (κ3) is 3.35. The molecule has 0 saturated carbocycles. The minimum Gasteiger partial charge on any atom is -0.507 e. The number of phenolic OH excluding ortho intramolecular Hbond substituents is 1. The van der Waals surface area contributed by atoms with Gasteiger partial charge in [0.1, 0.15) is 5.75 Å². The Morgan fingerprint density at radius 3 is 2.47 bits per heavy atom. The number of methoxy groups -OCH3 is 1. The number of phenols is 1. The van der Waals surface area contributed by atoms with Crippen LogP contribution >= 0.6 is 0 Å². The van der Waals surface area contributed by atoms with Crippen molar-refractivity contribution in [2.45, 2.75) is 26.0 Å². The minimum absolute atomic E-state index is 0.119. The second-order valence-electron chi connectivity index (χ2n) is 4.33. The van der Waals surface area contributed by atoms with Gasteiger partial charge in [0.05, 0.1) is 12.7 Å². The van der Waals surface area contributed by atoms with Crippen molar-refractivity contribution in [3.05, 3.63) is 23.8 Å². The monoisotopic (exact) mass is 239 g/mol. The fourth-order valence-electron chi connectivity index (χ4n) is 1.71. The average molecular weight is 239 g/mol. The van der Waals surface area contributed by atoms with Crippen LogP contribution in [0.15, 0.2) is 18.2 Å². The van der Waals surface area contributed by atoms with Gasteiger partial charge in [-0.25, -0.2) is 0 Å². The molecule has 1 rings (SSSR count). The number of nitrogens with zero attached hydrogens (tertiary/aromatic N) is 1. The molecule has 0 fully saturated rings. The molecule has 4 heteroatoms. The van der Waals surface area contributed by atoms with Crippen molar-refractivity contribution in [3.8, 4) is 5.75 Å². The summed E-state index contributed by atoms with van der Waals surface area (Å²) >= 11 is 0. The molecule has 17 heavy (non-hydrogen) atoms. The van der Waals surface area contributed by atoms with Gasteiger partial charge in [-0.3, -0.25) is 0 Å². The molecule has 2 N–H and O–H groups in total. The predicted molar refractivity (Wildman–Crippen MR) is 68.5 cm³/mol. The van der Waals surface area contributed by atoms with Crippen LogP contribution in [-0.2, 0) is 4.74 Å².